The van der Waals surface area contributed by atoms with Crippen LogP contribution in [0.3, 0.4) is 0 Å². The highest BCUT2D eigenvalue weighted by atomic mass is 16.6. The number of carbonyl (C=O) groups is 2. The third kappa shape index (κ3) is 3.14. The van der Waals surface area contributed by atoms with E-state index >= 15 is 0 Å². The van der Waals surface area contributed by atoms with Crippen molar-refractivity contribution in [3.05, 3.63) is 0 Å². The van der Waals surface area contributed by atoms with Crippen molar-refractivity contribution in [1.82, 2.24) is 0 Å². The summed E-state index contributed by atoms with van der Waals surface area (Å²) in [6.07, 6.45) is 0.519. The molecule has 1 saturated heterocycles. The zero-order valence-electron chi connectivity index (χ0n) is 7.91. The number of esters is 1. The van der Waals surface area contributed by atoms with E-state index in [0.29, 0.717) is 6.61 Å². The van der Waals surface area contributed by atoms with Gasteiger partial charge in [-0.25, -0.2) is 0 Å². The second kappa shape index (κ2) is 4.37. The van der Waals surface area contributed by atoms with E-state index in [-0.39, 0.29) is 36.6 Å². The first-order valence-corrected chi connectivity index (χ1v) is 4.36. The van der Waals surface area contributed by atoms with Crippen LogP contribution in [-0.2, 0) is 19.1 Å². The average molecular weight is 186 g/mol. The maximum atomic E-state index is 11.4. The van der Waals surface area contributed by atoms with Crippen LogP contribution in [0.25, 0.3) is 0 Å². The summed E-state index contributed by atoms with van der Waals surface area (Å²) < 4.78 is 9.42. The molecule has 13 heavy (non-hydrogen) atoms. The van der Waals surface area contributed by atoms with Gasteiger partial charge in [0.25, 0.3) is 0 Å². The highest BCUT2D eigenvalue weighted by molar-refractivity contribution is 5.85. The van der Waals surface area contributed by atoms with Crippen LogP contribution in [0, 0.1) is 5.92 Å². The smallest absolute Gasteiger partial charge is 0.305 e. The summed E-state index contributed by atoms with van der Waals surface area (Å²) >= 11 is 0. The molecule has 74 valence electrons. The SMILES string of the molecule is COC(=O)CCC(=O)C(C)C1CO1. The van der Waals surface area contributed by atoms with Crippen LogP contribution < -0.4 is 0 Å². The first kappa shape index (κ1) is 10.2. The Morgan fingerprint density at radius 1 is 1.54 bits per heavy atom. The number of methoxy groups -OCH3 is 1. The molecule has 4 nitrogen and oxygen atoms in total. The Bertz CT molecular complexity index is 208. The number of hydrogen-bond acceptors (Lipinski definition) is 4. The van der Waals surface area contributed by atoms with Gasteiger partial charge < -0.3 is 9.47 Å². The van der Waals surface area contributed by atoms with Gasteiger partial charge in [-0.15, -0.1) is 0 Å². The van der Waals surface area contributed by atoms with Crippen LogP contribution in [0.2, 0.25) is 0 Å². The van der Waals surface area contributed by atoms with E-state index in [9.17, 15) is 9.59 Å². The maximum absolute atomic E-state index is 11.4. The van der Waals surface area contributed by atoms with Gasteiger partial charge in [-0.2, -0.15) is 0 Å². The van der Waals surface area contributed by atoms with Crippen molar-refractivity contribution in [2.75, 3.05) is 13.7 Å². The molecule has 0 radical (unpaired) electrons. The van der Waals surface area contributed by atoms with Gasteiger partial charge in [0.2, 0.25) is 0 Å². The topological polar surface area (TPSA) is 55.9 Å². The number of epoxide rings is 1. The summed E-state index contributed by atoms with van der Waals surface area (Å²) in [5.41, 5.74) is 0. The second-order valence-corrected chi connectivity index (χ2v) is 3.20. The molecule has 2 atom stereocenters. The normalized spacial score (nSPS) is 22.2. The average Bonchev–Trinajstić information content (AvgIpc) is 2.95. The zero-order chi connectivity index (χ0) is 9.84. The number of carbonyl (C=O) groups excluding carboxylic acids is 2. The van der Waals surface area contributed by atoms with Crippen LogP contribution in [0.1, 0.15) is 19.8 Å². The van der Waals surface area contributed by atoms with Gasteiger partial charge in [-0.3, -0.25) is 9.59 Å². The molecule has 0 aromatic carbocycles. The fourth-order valence-electron chi connectivity index (χ4n) is 1.11. The molecule has 1 aliphatic heterocycles. The summed E-state index contributed by atoms with van der Waals surface area (Å²) in [5, 5.41) is 0. The van der Waals surface area contributed by atoms with Gasteiger partial charge in [-0.05, 0) is 0 Å². The van der Waals surface area contributed by atoms with Crippen molar-refractivity contribution < 1.29 is 19.1 Å². The summed E-state index contributed by atoms with van der Waals surface area (Å²) in [4.78, 5) is 22.1. The van der Waals surface area contributed by atoms with Crippen molar-refractivity contribution in [2.45, 2.75) is 25.9 Å². The van der Waals surface area contributed by atoms with E-state index in [4.69, 9.17) is 4.74 Å². The molecule has 0 spiro atoms. The van der Waals surface area contributed by atoms with Crippen LogP contribution >= 0.6 is 0 Å². The highest BCUT2D eigenvalue weighted by Crippen LogP contribution is 2.21. The van der Waals surface area contributed by atoms with Gasteiger partial charge in [-0.1, -0.05) is 6.92 Å². The minimum absolute atomic E-state index is 0.0768. The van der Waals surface area contributed by atoms with Gasteiger partial charge in [0, 0.05) is 12.3 Å². The molecule has 0 aromatic rings. The van der Waals surface area contributed by atoms with Crippen molar-refractivity contribution in [1.29, 1.82) is 0 Å². The van der Waals surface area contributed by atoms with Gasteiger partial charge in [0.1, 0.15) is 5.78 Å². The molecule has 1 fully saturated rings. The van der Waals surface area contributed by atoms with E-state index < -0.39 is 0 Å². The van der Waals surface area contributed by atoms with E-state index in [1.165, 1.54) is 7.11 Å². The third-order valence-electron chi connectivity index (χ3n) is 2.23. The number of hydrogen-bond donors (Lipinski definition) is 0. The van der Waals surface area contributed by atoms with Crippen LogP contribution in [0.5, 0.6) is 0 Å². The molecule has 0 bridgehead atoms. The van der Waals surface area contributed by atoms with Crippen molar-refractivity contribution in [3.63, 3.8) is 0 Å². The van der Waals surface area contributed by atoms with Crippen molar-refractivity contribution >= 4 is 11.8 Å². The molecular formula is C9H14O4. The predicted octanol–water partition coefficient (Wildman–Crippen LogP) is 0.544. The number of ketones is 1. The molecule has 1 heterocycles. The number of rotatable bonds is 5. The Labute approximate surface area is 77.2 Å². The monoisotopic (exact) mass is 186 g/mol. The Morgan fingerprint density at radius 2 is 2.15 bits per heavy atom. The molecule has 0 aromatic heterocycles. The lowest BCUT2D eigenvalue weighted by Crippen LogP contribution is -2.18. The Morgan fingerprint density at radius 3 is 2.62 bits per heavy atom. The fraction of sp³-hybridized carbons (Fsp3) is 0.778. The van der Waals surface area contributed by atoms with Gasteiger partial charge >= 0.3 is 5.97 Å². The fourth-order valence-corrected chi connectivity index (χ4v) is 1.11. The lowest BCUT2D eigenvalue weighted by Gasteiger charge is -2.05. The molecular weight excluding hydrogens is 172 g/mol. The quantitative estimate of drug-likeness (QED) is 0.464. The third-order valence-corrected chi connectivity index (χ3v) is 2.23. The summed E-state index contributed by atoms with van der Waals surface area (Å²) in [7, 11) is 1.32. The Hall–Kier alpha value is -0.900. The summed E-state index contributed by atoms with van der Waals surface area (Å²) in [6, 6.07) is 0. The first-order valence-electron chi connectivity index (χ1n) is 4.36. The van der Waals surface area contributed by atoms with Crippen LogP contribution in [0.15, 0.2) is 0 Å². The van der Waals surface area contributed by atoms with E-state index in [2.05, 4.69) is 4.74 Å². The minimum atomic E-state index is -0.336. The molecule has 0 amide bonds. The van der Waals surface area contributed by atoms with Crippen LogP contribution in [-0.4, -0.2) is 31.6 Å². The molecule has 4 heteroatoms. The lowest BCUT2D eigenvalue weighted by molar-refractivity contribution is -0.142. The zero-order valence-corrected chi connectivity index (χ0v) is 7.91. The number of ether oxygens (including phenoxy) is 2. The molecule has 2 unspecified atom stereocenters. The maximum Gasteiger partial charge on any atom is 0.305 e. The largest absolute Gasteiger partial charge is 0.469 e. The standard InChI is InChI=1S/C9H14O4/c1-6(8-5-13-8)7(10)3-4-9(11)12-2/h6,8H,3-5H2,1-2H3. The first-order chi connectivity index (χ1) is 6.15. The van der Waals surface area contributed by atoms with E-state index in [1.807, 2.05) is 6.92 Å². The second-order valence-electron chi connectivity index (χ2n) is 3.20. The van der Waals surface area contributed by atoms with Crippen LogP contribution in [0.4, 0.5) is 0 Å². The summed E-state index contributed by atoms with van der Waals surface area (Å²) in [6.45, 7) is 2.50. The van der Waals surface area contributed by atoms with Crippen molar-refractivity contribution in [2.24, 2.45) is 5.92 Å². The van der Waals surface area contributed by atoms with Crippen molar-refractivity contribution in [3.8, 4) is 0 Å². The molecule has 0 aliphatic carbocycles. The number of Topliss-reactive ketones (excluding diaryl/α,β-unsaturated/α-hetero) is 1. The van der Waals surface area contributed by atoms with E-state index in [0.717, 1.165) is 0 Å². The molecule has 1 aliphatic rings. The molecule has 0 saturated carbocycles. The molecule has 1 rings (SSSR count). The summed E-state index contributed by atoms with van der Waals surface area (Å²) in [5.74, 6) is -0.338. The molecule has 0 N–H and O–H groups in total. The highest BCUT2D eigenvalue weighted by Gasteiger charge is 2.33. The Kier molecular flexibility index (Phi) is 3.42. The lowest BCUT2D eigenvalue weighted by atomic mass is 9.99. The van der Waals surface area contributed by atoms with Gasteiger partial charge in [0.05, 0.1) is 26.2 Å². The van der Waals surface area contributed by atoms with Gasteiger partial charge in [0.15, 0.2) is 0 Å². The predicted molar refractivity (Wildman–Crippen MR) is 45.2 cm³/mol. The minimum Gasteiger partial charge on any atom is -0.469 e. The Balaban J connectivity index is 2.20. The van der Waals surface area contributed by atoms with E-state index in [1.54, 1.807) is 0 Å².